The van der Waals surface area contributed by atoms with E-state index in [1.54, 1.807) is 23.6 Å². The zero-order valence-electron chi connectivity index (χ0n) is 13.3. The minimum atomic E-state index is 0.448. The summed E-state index contributed by atoms with van der Waals surface area (Å²) in [5.41, 5.74) is 8.82. The maximum Gasteiger partial charge on any atom is 0.187 e. The molecule has 4 rings (SSSR count). The van der Waals surface area contributed by atoms with Crippen LogP contribution in [0.2, 0.25) is 10.0 Å². The molecule has 1 aliphatic carbocycles. The van der Waals surface area contributed by atoms with E-state index in [0.29, 0.717) is 21.7 Å². The monoisotopic (exact) mass is 408 g/mol. The van der Waals surface area contributed by atoms with Gasteiger partial charge in [-0.1, -0.05) is 35.0 Å². The summed E-state index contributed by atoms with van der Waals surface area (Å²) in [5, 5.41) is 2.85. The van der Waals surface area contributed by atoms with Crippen LogP contribution in [0.15, 0.2) is 29.6 Å². The van der Waals surface area contributed by atoms with Crippen LogP contribution in [0.4, 0.5) is 5.69 Å². The van der Waals surface area contributed by atoms with E-state index in [4.69, 9.17) is 33.9 Å². The molecular formula is C17H14Cl2N4S2. The van der Waals surface area contributed by atoms with Crippen LogP contribution in [0.5, 0.6) is 0 Å². The highest BCUT2D eigenvalue weighted by Crippen LogP contribution is 2.48. The highest BCUT2D eigenvalue weighted by atomic mass is 35.5. The van der Waals surface area contributed by atoms with Crippen LogP contribution in [0.3, 0.4) is 0 Å². The van der Waals surface area contributed by atoms with Crippen molar-refractivity contribution in [1.29, 1.82) is 0 Å². The lowest BCUT2D eigenvalue weighted by molar-refractivity contribution is 0.978. The maximum absolute atomic E-state index is 6.47. The highest BCUT2D eigenvalue weighted by Gasteiger charge is 2.30. The molecule has 3 aromatic rings. The van der Waals surface area contributed by atoms with E-state index in [9.17, 15) is 0 Å². The Hall–Kier alpha value is -1.34. The number of hydrogen-bond acceptors (Lipinski definition) is 6. The van der Waals surface area contributed by atoms with Crippen molar-refractivity contribution in [2.24, 2.45) is 0 Å². The molecule has 1 saturated carbocycles. The topological polar surface area (TPSA) is 64.7 Å². The van der Waals surface area contributed by atoms with E-state index in [0.717, 1.165) is 32.0 Å². The second-order valence-corrected chi connectivity index (χ2v) is 8.41. The summed E-state index contributed by atoms with van der Waals surface area (Å²) in [5.74, 6) is 0.537. The van der Waals surface area contributed by atoms with Gasteiger partial charge in [-0.2, -0.15) is 0 Å². The molecule has 0 spiro atoms. The summed E-state index contributed by atoms with van der Waals surface area (Å²) >= 11 is 15.8. The van der Waals surface area contributed by atoms with Crippen molar-refractivity contribution in [2.75, 3.05) is 12.0 Å². The van der Waals surface area contributed by atoms with Crippen LogP contribution in [0.25, 0.3) is 21.8 Å². The van der Waals surface area contributed by atoms with Crippen molar-refractivity contribution in [2.45, 2.75) is 23.9 Å². The van der Waals surface area contributed by atoms with Crippen molar-refractivity contribution in [3.05, 3.63) is 39.4 Å². The Balaban J connectivity index is 1.93. The lowest BCUT2D eigenvalue weighted by Crippen LogP contribution is -1.93. The lowest BCUT2D eigenvalue weighted by Gasteiger charge is -2.08. The summed E-state index contributed by atoms with van der Waals surface area (Å²) in [6.07, 6.45) is 6.08. The van der Waals surface area contributed by atoms with Gasteiger partial charge in [-0.3, -0.25) is 0 Å². The third-order valence-corrected chi connectivity index (χ3v) is 6.38. The Morgan fingerprint density at radius 3 is 2.76 bits per heavy atom. The Labute approximate surface area is 163 Å². The van der Waals surface area contributed by atoms with Gasteiger partial charge >= 0.3 is 0 Å². The predicted octanol–water partition coefficient (Wildman–Crippen LogP) is 5.76. The second kappa shape index (κ2) is 6.76. The standard InChI is InChI=1S/C17H14Cl2N4S2/c1-24-17-21-5-4-12(22-17)15-14(23-16(25-15)8-2-3-8)10-6-9(18)7-11(20)13(10)19/h4-8H,2-3,20H2,1H3. The molecule has 4 nitrogen and oxygen atoms in total. The van der Waals surface area contributed by atoms with Gasteiger partial charge in [0.05, 0.1) is 32.0 Å². The Kier molecular flexibility index (Phi) is 4.62. The highest BCUT2D eigenvalue weighted by molar-refractivity contribution is 7.98. The maximum atomic E-state index is 6.47. The molecule has 1 aliphatic rings. The SMILES string of the molecule is CSc1nccc(-c2sc(C3CC3)nc2-c2cc(Cl)cc(N)c2Cl)n1. The molecule has 0 aliphatic heterocycles. The average molecular weight is 409 g/mol. The first-order chi connectivity index (χ1) is 12.1. The number of nitrogens with two attached hydrogens (primary N) is 1. The van der Waals surface area contributed by atoms with Gasteiger partial charge in [0.25, 0.3) is 0 Å². The molecule has 1 aromatic carbocycles. The first-order valence-corrected chi connectivity index (χ1v) is 10.5. The van der Waals surface area contributed by atoms with Gasteiger partial charge in [0.1, 0.15) is 0 Å². The third kappa shape index (κ3) is 3.36. The fourth-order valence-electron chi connectivity index (χ4n) is 2.55. The second-order valence-electron chi connectivity index (χ2n) is 5.79. The van der Waals surface area contributed by atoms with Gasteiger partial charge in [-0.25, -0.2) is 15.0 Å². The van der Waals surface area contributed by atoms with Crippen molar-refractivity contribution < 1.29 is 0 Å². The number of halogens is 2. The van der Waals surface area contributed by atoms with Gasteiger partial charge in [0, 0.05) is 22.7 Å². The molecule has 25 heavy (non-hydrogen) atoms. The fourth-order valence-corrected chi connectivity index (χ4v) is 4.55. The van der Waals surface area contributed by atoms with Crippen molar-refractivity contribution in [1.82, 2.24) is 15.0 Å². The van der Waals surface area contributed by atoms with Gasteiger partial charge in [-0.05, 0) is 37.3 Å². The number of thioether (sulfide) groups is 1. The number of hydrogen-bond donors (Lipinski definition) is 1. The molecule has 0 unspecified atom stereocenters. The predicted molar refractivity (Wildman–Crippen MR) is 107 cm³/mol. The number of nitrogen functional groups attached to an aromatic ring is 1. The Morgan fingerprint density at radius 1 is 1.24 bits per heavy atom. The van der Waals surface area contributed by atoms with E-state index in [2.05, 4.69) is 9.97 Å². The molecule has 2 N–H and O–H groups in total. The minimum absolute atomic E-state index is 0.448. The molecule has 1 fully saturated rings. The first-order valence-electron chi connectivity index (χ1n) is 7.70. The largest absolute Gasteiger partial charge is 0.397 e. The molecule has 0 atom stereocenters. The number of thiazole rings is 1. The fraction of sp³-hybridized carbons (Fsp3) is 0.235. The van der Waals surface area contributed by atoms with Crippen LogP contribution < -0.4 is 5.73 Å². The van der Waals surface area contributed by atoms with Crippen LogP contribution in [0.1, 0.15) is 23.8 Å². The number of anilines is 1. The molecular weight excluding hydrogens is 395 g/mol. The zero-order valence-corrected chi connectivity index (χ0v) is 16.4. The number of aromatic nitrogens is 3. The molecule has 128 valence electrons. The van der Waals surface area contributed by atoms with E-state index < -0.39 is 0 Å². The summed E-state index contributed by atoms with van der Waals surface area (Å²) in [6, 6.07) is 5.36. The van der Waals surface area contributed by atoms with E-state index in [-0.39, 0.29) is 0 Å². The van der Waals surface area contributed by atoms with Crippen LogP contribution in [0, 0.1) is 0 Å². The molecule has 0 saturated heterocycles. The molecule has 0 amide bonds. The van der Waals surface area contributed by atoms with Crippen molar-refractivity contribution in [3.8, 4) is 21.8 Å². The van der Waals surface area contributed by atoms with Gasteiger partial charge < -0.3 is 5.73 Å². The Morgan fingerprint density at radius 2 is 2.04 bits per heavy atom. The summed E-state index contributed by atoms with van der Waals surface area (Å²) < 4.78 is 0. The molecule has 2 aromatic heterocycles. The van der Waals surface area contributed by atoms with Crippen LogP contribution >= 0.6 is 46.3 Å². The van der Waals surface area contributed by atoms with Gasteiger partial charge in [-0.15, -0.1) is 11.3 Å². The summed E-state index contributed by atoms with van der Waals surface area (Å²) in [4.78, 5) is 14.7. The molecule has 0 bridgehead atoms. The normalized spacial score (nSPS) is 14.0. The van der Waals surface area contributed by atoms with Crippen molar-refractivity contribution in [3.63, 3.8) is 0 Å². The van der Waals surface area contributed by atoms with Crippen LogP contribution in [-0.4, -0.2) is 21.2 Å². The van der Waals surface area contributed by atoms with E-state index >= 15 is 0 Å². The molecule has 2 heterocycles. The zero-order chi connectivity index (χ0) is 17.6. The van der Waals surface area contributed by atoms with E-state index in [1.165, 1.54) is 24.6 Å². The molecule has 8 heteroatoms. The quantitative estimate of drug-likeness (QED) is 0.337. The van der Waals surface area contributed by atoms with E-state index in [1.807, 2.05) is 18.4 Å². The third-order valence-electron chi connectivity index (χ3n) is 3.94. The number of benzene rings is 1. The average Bonchev–Trinajstić information content (AvgIpc) is 3.37. The molecule has 0 radical (unpaired) electrons. The van der Waals surface area contributed by atoms with Crippen molar-refractivity contribution >= 4 is 52.0 Å². The van der Waals surface area contributed by atoms with Gasteiger partial charge in [0.15, 0.2) is 5.16 Å². The van der Waals surface area contributed by atoms with Gasteiger partial charge in [0.2, 0.25) is 0 Å². The first kappa shape index (κ1) is 17.1. The summed E-state index contributed by atoms with van der Waals surface area (Å²) in [6.45, 7) is 0. The smallest absolute Gasteiger partial charge is 0.187 e. The summed E-state index contributed by atoms with van der Waals surface area (Å²) in [7, 11) is 0. The minimum Gasteiger partial charge on any atom is -0.397 e. The number of rotatable bonds is 4. The number of nitrogens with zero attached hydrogens (tertiary/aromatic N) is 3. The van der Waals surface area contributed by atoms with Crippen LogP contribution in [-0.2, 0) is 0 Å². The lowest BCUT2D eigenvalue weighted by atomic mass is 10.1. The Bertz CT molecular complexity index is 954.